The van der Waals surface area contributed by atoms with E-state index in [1.54, 1.807) is 0 Å². The summed E-state index contributed by atoms with van der Waals surface area (Å²) in [5.41, 5.74) is 0.173. The summed E-state index contributed by atoms with van der Waals surface area (Å²) in [6.45, 7) is 9.64. The molecular weight excluding hydrogens is 218 g/mol. The average molecular weight is 241 g/mol. The van der Waals surface area contributed by atoms with Crippen LogP contribution in [-0.4, -0.2) is 37.1 Å². The lowest BCUT2D eigenvalue weighted by atomic mass is 9.98. The molecule has 0 amide bonds. The number of rotatable bonds is 5. The Balaban J connectivity index is 2.36. The van der Waals surface area contributed by atoms with E-state index in [1.165, 1.54) is 9.88 Å². The number of hydrogen-bond donors (Lipinski definition) is 1. The molecule has 1 heterocycles. The van der Waals surface area contributed by atoms with E-state index in [-0.39, 0.29) is 5.41 Å². The highest BCUT2D eigenvalue weighted by molar-refractivity contribution is 7.11. The summed E-state index contributed by atoms with van der Waals surface area (Å²) in [5, 5.41) is 4.65. The van der Waals surface area contributed by atoms with Crippen molar-refractivity contribution in [2.75, 3.05) is 27.2 Å². The van der Waals surface area contributed by atoms with Gasteiger partial charge in [0.15, 0.2) is 0 Å². The molecule has 0 aromatic carbocycles. The Bertz CT molecular complexity index is 312. The summed E-state index contributed by atoms with van der Waals surface area (Å²) < 4.78 is 0. The van der Waals surface area contributed by atoms with Gasteiger partial charge in [0.25, 0.3) is 0 Å². The molecule has 0 aliphatic heterocycles. The molecule has 0 atom stereocenters. The van der Waals surface area contributed by atoms with Crippen LogP contribution in [0.15, 0.2) is 6.20 Å². The van der Waals surface area contributed by atoms with E-state index in [0.717, 1.165) is 19.6 Å². The van der Waals surface area contributed by atoms with Crippen LogP contribution in [0.25, 0.3) is 0 Å². The van der Waals surface area contributed by atoms with Gasteiger partial charge < -0.3 is 10.2 Å². The molecule has 0 saturated carbocycles. The van der Waals surface area contributed by atoms with Crippen molar-refractivity contribution in [1.82, 2.24) is 15.2 Å². The summed E-state index contributed by atoms with van der Waals surface area (Å²) in [7, 11) is 4.18. The molecule has 3 nitrogen and oxygen atoms in total. The molecule has 0 spiro atoms. The van der Waals surface area contributed by atoms with Crippen LogP contribution in [0.2, 0.25) is 0 Å². The number of thiazole rings is 1. The van der Waals surface area contributed by atoms with Gasteiger partial charge in [0.05, 0.1) is 5.01 Å². The summed E-state index contributed by atoms with van der Waals surface area (Å²) >= 11 is 1.81. The van der Waals surface area contributed by atoms with E-state index < -0.39 is 0 Å². The quantitative estimate of drug-likeness (QED) is 0.800. The molecule has 0 fully saturated rings. The Hall–Kier alpha value is -0.450. The first-order chi connectivity index (χ1) is 7.39. The molecule has 92 valence electrons. The second-order valence-electron chi connectivity index (χ2n) is 5.36. The van der Waals surface area contributed by atoms with Crippen molar-refractivity contribution in [1.29, 1.82) is 0 Å². The van der Waals surface area contributed by atoms with Crippen LogP contribution in [-0.2, 0) is 12.0 Å². The fourth-order valence-electron chi connectivity index (χ4n) is 1.25. The largest absolute Gasteiger partial charge is 0.311 e. The molecule has 4 heteroatoms. The molecule has 0 unspecified atom stereocenters. The smallest absolute Gasteiger partial charge is 0.0981 e. The van der Waals surface area contributed by atoms with Crippen LogP contribution in [0.3, 0.4) is 0 Å². The lowest BCUT2D eigenvalue weighted by Crippen LogP contribution is -2.25. The lowest BCUT2D eigenvalue weighted by molar-refractivity contribution is 0.400. The van der Waals surface area contributed by atoms with Crippen molar-refractivity contribution in [3.8, 4) is 0 Å². The summed E-state index contributed by atoms with van der Waals surface area (Å²) in [6.07, 6.45) is 1.99. The van der Waals surface area contributed by atoms with E-state index in [9.17, 15) is 0 Å². The first-order valence-corrected chi connectivity index (χ1v) is 6.52. The van der Waals surface area contributed by atoms with Gasteiger partial charge in [0.2, 0.25) is 0 Å². The Morgan fingerprint density at radius 3 is 2.56 bits per heavy atom. The monoisotopic (exact) mass is 241 g/mol. The maximum atomic E-state index is 4.47. The van der Waals surface area contributed by atoms with Gasteiger partial charge in [-0.25, -0.2) is 4.98 Å². The first kappa shape index (κ1) is 13.6. The predicted molar refractivity (Wildman–Crippen MR) is 71.1 cm³/mol. The topological polar surface area (TPSA) is 28.2 Å². The second kappa shape index (κ2) is 5.75. The Morgan fingerprint density at radius 1 is 1.38 bits per heavy atom. The van der Waals surface area contributed by atoms with Crippen molar-refractivity contribution in [3.05, 3.63) is 16.1 Å². The zero-order chi connectivity index (χ0) is 12.2. The highest BCUT2D eigenvalue weighted by Gasteiger charge is 2.17. The highest BCUT2D eigenvalue weighted by Crippen LogP contribution is 2.26. The third kappa shape index (κ3) is 4.60. The first-order valence-electron chi connectivity index (χ1n) is 5.70. The fraction of sp³-hybridized carbons (Fsp3) is 0.750. The third-order valence-corrected chi connectivity index (χ3v) is 3.65. The van der Waals surface area contributed by atoms with Gasteiger partial charge in [-0.15, -0.1) is 11.3 Å². The SMILES string of the molecule is CN(C)CCNCc1cnc(C(C)(C)C)s1. The van der Waals surface area contributed by atoms with Crippen LogP contribution in [0.4, 0.5) is 0 Å². The molecule has 0 bridgehead atoms. The van der Waals surface area contributed by atoms with E-state index in [1.807, 2.05) is 17.5 Å². The molecule has 1 N–H and O–H groups in total. The predicted octanol–water partition coefficient (Wildman–Crippen LogP) is 2.09. The molecule has 0 aliphatic rings. The van der Waals surface area contributed by atoms with Crippen molar-refractivity contribution in [3.63, 3.8) is 0 Å². The molecule has 16 heavy (non-hydrogen) atoms. The fourth-order valence-corrected chi connectivity index (χ4v) is 2.19. The van der Waals surface area contributed by atoms with Gasteiger partial charge in [-0.3, -0.25) is 0 Å². The van der Waals surface area contributed by atoms with Gasteiger partial charge in [-0.1, -0.05) is 20.8 Å². The van der Waals surface area contributed by atoms with Gasteiger partial charge in [-0.2, -0.15) is 0 Å². The Labute approximate surface area is 103 Å². The molecule has 0 radical (unpaired) electrons. The van der Waals surface area contributed by atoms with Crippen LogP contribution < -0.4 is 5.32 Å². The number of nitrogens with one attached hydrogen (secondary N) is 1. The van der Waals surface area contributed by atoms with Crippen LogP contribution in [0, 0.1) is 0 Å². The zero-order valence-corrected chi connectivity index (χ0v) is 11.8. The van der Waals surface area contributed by atoms with Crippen LogP contribution >= 0.6 is 11.3 Å². The molecule has 1 aromatic heterocycles. The van der Waals surface area contributed by atoms with Crippen LogP contribution in [0.5, 0.6) is 0 Å². The van der Waals surface area contributed by atoms with Gasteiger partial charge in [0.1, 0.15) is 0 Å². The number of aromatic nitrogens is 1. The number of hydrogen-bond acceptors (Lipinski definition) is 4. The molecule has 1 rings (SSSR count). The van der Waals surface area contributed by atoms with Crippen molar-refractivity contribution in [2.24, 2.45) is 0 Å². The molecule has 0 saturated heterocycles. The second-order valence-corrected chi connectivity index (χ2v) is 6.48. The maximum Gasteiger partial charge on any atom is 0.0981 e. The van der Waals surface area contributed by atoms with E-state index >= 15 is 0 Å². The summed E-state index contributed by atoms with van der Waals surface area (Å²) in [4.78, 5) is 7.97. The van der Waals surface area contributed by atoms with Crippen molar-refractivity contribution < 1.29 is 0 Å². The molecular formula is C12H23N3S. The van der Waals surface area contributed by atoms with E-state index in [0.29, 0.717) is 0 Å². The average Bonchev–Trinajstić information content (AvgIpc) is 2.59. The maximum absolute atomic E-state index is 4.47. The minimum atomic E-state index is 0.173. The summed E-state index contributed by atoms with van der Waals surface area (Å²) in [5.74, 6) is 0. The minimum Gasteiger partial charge on any atom is -0.311 e. The lowest BCUT2D eigenvalue weighted by Gasteiger charge is -2.13. The Kier molecular flexibility index (Phi) is 4.89. The van der Waals surface area contributed by atoms with Gasteiger partial charge in [0, 0.05) is 36.1 Å². The molecule has 1 aromatic rings. The third-order valence-electron chi connectivity index (χ3n) is 2.23. The normalized spacial score (nSPS) is 12.4. The zero-order valence-electron chi connectivity index (χ0n) is 11.0. The molecule has 0 aliphatic carbocycles. The highest BCUT2D eigenvalue weighted by atomic mass is 32.1. The minimum absolute atomic E-state index is 0.173. The van der Waals surface area contributed by atoms with Crippen molar-refractivity contribution in [2.45, 2.75) is 32.7 Å². The van der Waals surface area contributed by atoms with E-state index in [2.05, 4.69) is 50.1 Å². The van der Waals surface area contributed by atoms with E-state index in [4.69, 9.17) is 0 Å². The Morgan fingerprint density at radius 2 is 2.06 bits per heavy atom. The van der Waals surface area contributed by atoms with Crippen molar-refractivity contribution >= 4 is 11.3 Å². The summed E-state index contributed by atoms with van der Waals surface area (Å²) in [6, 6.07) is 0. The van der Waals surface area contributed by atoms with Gasteiger partial charge in [-0.05, 0) is 14.1 Å². The standard InChI is InChI=1S/C12H23N3S/c1-12(2,3)11-14-9-10(16-11)8-13-6-7-15(4)5/h9,13H,6-8H2,1-5H3. The number of nitrogens with zero attached hydrogens (tertiary/aromatic N) is 2. The number of likely N-dealkylation sites (N-methyl/N-ethyl adjacent to an activating group) is 1. The van der Waals surface area contributed by atoms with Crippen LogP contribution in [0.1, 0.15) is 30.7 Å². The van der Waals surface area contributed by atoms with Gasteiger partial charge >= 0.3 is 0 Å².